The fourth-order valence-electron chi connectivity index (χ4n) is 2.91. The van der Waals surface area contributed by atoms with Crippen LogP contribution in [0.2, 0.25) is 0 Å². The van der Waals surface area contributed by atoms with Gasteiger partial charge >= 0.3 is 0 Å². The molecule has 0 atom stereocenters. The molecule has 1 fully saturated rings. The smallest absolute Gasteiger partial charge is 0.130 e. The largest absolute Gasteiger partial charge is 0.311 e. The van der Waals surface area contributed by atoms with E-state index < -0.39 is 11.6 Å². The summed E-state index contributed by atoms with van der Waals surface area (Å²) in [5.41, 5.74) is 0.713. The minimum Gasteiger partial charge on any atom is -0.311 e. The summed E-state index contributed by atoms with van der Waals surface area (Å²) in [5.74, 6) is -1.00. The topological polar surface area (TPSA) is 15.3 Å². The van der Waals surface area contributed by atoms with E-state index in [0.717, 1.165) is 12.6 Å². The van der Waals surface area contributed by atoms with Crippen molar-refractivity contribution < 1.29 is 8.78 Å². The van der Waals surface area contributed by atoms with Gasteiger partial charge in [-0.15, -0.1) is 0 Å². The lowest BCUT2D eigenvalue weighted by Gasteiger charge is -2.36. The molecule has 1 aliphatic rings. The van der Waals surface area contributed by atoms with Crippen molar-refractivity contribution in [3.63, 3.8) is 0 Å². The Morgan fingerprint density at radius 1 is 1.21 bits per heavy atom. The second-order valence-electron chi connectivity index (χ2n) is 5.67. The fraction of sp³-hybridized carbons (Fsp3) is 0.600. The maximum atomic E-state index is 13.5. The number of benzene rings is 1. The van der Waals surface area contributed by atoms with Gasteiger partial charge in [0, 0.05) is 30.3 Å². The van der Waals surface area contributed by atoms with Gasteiger partial charge in [-0.1, -0.05) is 18.9 Å². The molecule has 4 heteroatoms. The third-order valence-electron chi connectivity index (χ3n) is 4.27. The first-order valence-electron chi connectivity index (χ1n) is 6.86. The van der Waals surface area contributed by atoms with Gasteiger partial charge in [0.2, 0.25) is 0 Å². The van der Waals surface area contributed by atoms with Crippen LogP contribution >= 0.6 is 0 Å². The van der Waals surface area contributed by atoms with Crippen LogP contribution in [0.1, 0.15) is 31.2 Å². The summed E-state index contributed by atoms with van der Waals surface area (Å²) in [6, 6.07) is 3.75. The Morgan fingerprint density at radius 3 is 2.47 bits per heavy atom. The van der Waals surface area contributed by atoms with E-state index in [1.807, 2.05) is 0 Å². The zero-order chi connectivity index (χ0) is 13.9. The lowest BCUT2D eigenvalue weighted by atomic mass is 9.96. The summed E-state index contributed by atoms with van der Waals surface area (Å²) in [6.07, 6.45) is 4.87. The molecule has 0 aromatic heterocycles. The molecule has 1 saturated carbocycles. The molecule has 2 nitrogen and oxygen atoms in total. The number of halogens is 2. The Labute approximate surface area is 113 Å². The van der Waals surface area contributed by atoms with Gasteiger partial charge in [0.15, 0.2) is 0 Å². The highest BCUT2D eigenvalue weighted by Gasteiger charge is 2.35. The minimum atomic E-state index is -0.526. The fourth-order valence-corrected chi connectivity index (χ4v) is 2.91. The highest BCUT2D eigenvalue weighted by atomic mass is 19.1. The number of rotatable bonds is 5. The van der Waals surface area contributed by atoms with Crippen LogP contribution in [0.4, 0.5) is 8.78 Å². The van der Waals surface area contributed by atoms with Crippen LogP contribution in [-0.2, 0) is 6.54 Å². The van der Waals surface area contributed by atoms with Crippen LogP contribution in [0.15, 0.2) is 18.2 Å². The normalized spacial score (nSPS) is 18.2. The van der Waals surface area contributed by atoms with Gasteiger partial charge in [-0.25, -0.2) is 8.78 Å². The predicted octanol–water partition coefficient (Wildman–Crippen LogP) is 2.93. The SMILES string of the molecule is CN(C)C1(CNCc2ccc(F)cc2F)CCCC1. The van der Waals surface area contributed by atoms with Crippen molar-refractivity contribution in [3.05, 3.63) is 35.4 Å². The van der Waals surface area contributed by atoms with Crippen LogP contribution in [0.25, 0.3) is 0 Å². The molecular formula is C15H22F2N2. The van der Waals surface area contributed by atoms with Crippen molar-refractivity contribution in [1.29, 1.82) is 0 Å². The van der Waals surface area contributed by atoms with Crippen molar-refractivity contribution in [2.24, 2.45) is 0 Å². The predicted molar refractivity (Wildman–Crippen MR) is 73.0 cm³/mol. The molecule has 0 unspecified atom stereocenters. The highest BCUT2D eigenvalue weighted by Crippen LogP contribution is 2.33. The molecule has 0 bridgehead atoms. The third-order valence-corrected chi connectivity index (χ3v) is 4.27. The molecule has 1 N–H and O–H groups in total. The number of nitrogens with one attached hydrogen (secondary N) is 1. The van der Waals surface area contributed by atoms with E-state index in [2.05, 4.69) is 24.3 Å². The van der Waals surface area contributed by atoms with Crippen molar-refractivity contribution >= 4 is 0 Å². The van der Waals surface area contributed by atoms with Gasteiger partial charge in [-0.3, -0.25) is 0 Å². The Balaban J connectivity index is 1.92. The summed E-state index contributed by atoms with van der Waals surface area (Å²) in [6.45, 7) is 1.29. The van der Waals surface area contributed by atoms with Crippen molar-refractivity contribution in [2.45, 2.75) is 37.8 Å². The van der Waals surface area contributed by atoms with Gasteiger partial charge < -0.3 is 10.2 Å². The maximum Gasteiger partial charge on any atom is 0.130 e. The van der Waals surface area contributed by atoms with E-state index in [1.165, 1.54) is 37.8 Å². The maximum absolute atomic E-state index is 13.5. The van der Waals surface area contributed by atoms with E-state index in [9.17, 15) is 8.78 Å². The standard InChI is InChI=1S/C15H22F2N2/c1-19(2)15(7-3-4-8-15)11-18-10-12-5-6-13(16)9-14(12)17/h5-6,9,18H,3-4,7-8,10-11H2,1-2H3. The van der Waals surface area contributed by atoms with Crippen LogP contribution in [0.5, 0.6) is 0 Å². The number of likely N-dealkylation sites (N-methyl/N-ethyl adjacent to an activating group) is 1. The van der Waals surface area contributed by atoms with E-state index in [4.69, 9.17) is 0 Å². The van der Waals surface area contributed by atoms with Crippen LogP contribution < -0.4 is 5.32 Å². The average molecular weight is 268 g/mol. The molecule has 2 rings (SSSR count). The van der Waals surface area contributed by atoms with Gasteiger partial charge in [0.05, 0.1) is 0 Å². The van der Waals surface area contributed by atoms with Gasteiger partial charge in [-0.2, -0.15) is 0 Å². The second-order valence-corrected chi connectivity index (χ2v) is 5.67. The summed E-state index contributed by atoms with van der Waals surface area (Å²) in [5, 5.41) is 3.32. The van der Waals surface area contributed by atoms with E-state index in [-0.39, 0.29) is 5.54 Å². The van der Waals surface area contributed by atoms with E-state index in [0.29, 0.717) is 12.1 Å². The Bertz CT molecular complexity index is 426. The van der Waals surface area contributed by atoms with Crippen molar-refractivity contribution in [3.8, 4) is 0 Å². The number of hydrogen-bond donors (Lipinski definition) is 1. The van der Waals surface area contributed by atoms with Gasteiger partial charge in [0.25, 0.3) is 0 Å². The first-order valence-corrected chi connectivity index (χ1v) is 6.86. The first-order chi connectivity index (χ1) is 9.03. The Morgan fingerprint density at radius 2 is 1.89 bits per heavy atom. The van der Waals surface area contributed by atoms with Crippen LogP contribution in [-0.4, -0.2) is 31.1 Å². The quantitative estimate of drug-likeness (QED) is 0.883. The minimum absolute atomic E-state index is 0.191. The van der Waals surface area contributed by atoms with E-state index >= 15 is 0 Å². The van der Waals surface area contributed by atoms with Gasteiger partial charge in [0.1, 0.15) is 11.6 Å². The lowest BCUT2D eigenvalue weighted by Crippen LogP contribution is -2.49. The molecule has 1 aromatic carbocycles. The Kier molecular flexibility index (Phi) is 4.53. The highest BCUT2D eigenvalue weighted by molar-refractivity contribution is 5.18. The Hall–Kier alpha value is -1.00. The summed E-state index contributed by atoms with van der Waals surface area (Å²) >= 11 is 0. The summed E-state index contributed by atoms with van der Waals surface area (Å²) in [4.78, 5) is 2.27. The molecular weight excluding hydrogens is 246 g/mol. The van der Waals surface area contributed by atoms with Crippen LogP contribution in [0.3, 0.4) is 0 Å². The van der Waals surface area contributed by atoms with E-state index in [1.54, 1.807) is 0 Å². The van der Waals surface area contributed by atoms with Gasteiger partial charge in [-0.05, 0) is 33.0 Å². The number of hydrogen-bond acceptors (Lipinski definition) is 2. The average Bonchev–Trinajstić information content (AvgIpc) is 2.82. The molecule has 106 valence electrons. The molecule has 0 amide bonds. The molecule has 0 spiro atoms. The molecule has 0 heterocycles. The molecule has 0 aliphatic heterocycles. The second kappa shape index (κ2) is 5.97. The lowest BCUT2D eigenvalue weighted by molar-refractivity contribution is 0.153. The molecule has 1 aromatic rings. The van der Waals surface area contributed by atoms with Crippen LogP contribution in [0, 0.1) is 11.6 Å². The zero-order valence-electron chi connectivity index (χ0n) is 11.7. The summed E-state index contributed by atoms with van der Waals surface area (Å²) < 4.78 is 26.3. The first kappa shape index (κ1) is 14.4. The van der Waals surface area contributed by atoms with Crippen molar-refractivity contribution in [1.82, 2.24) is 10.2 Å². The molecule has 0 radical (unpaired) electrons. The number of nitrogens with zero attached hydrogens (tertiary/aromatic N) is 1. The summed E-state index contributed by atoms with van der Waals surface area (Å²) in [7, 11) is 4.21. The monoisotopic (exact) mass is 268 g/mol. The molecule has 1 aliphatic carbocycles. The third kappa shape index (κ3) is 3.31. The zero-order valence-corrected chi connectivity index (χ0v) is 11.7. The molecule has 0 saturated heterocycles. The molecule has 19 heavy (non-hydrogen) atoms. The van der Waals surface area contributed by atoms with Crippen molar-refractivity contribution in [2.75, 3.05) is 20.6 Å².